The molecule has 0 atom stereocenters. The minimum absolute atomic E-state index is 0.00232. The number of aryl methyl sites for hydroxylation is 1. The third-order valence-corrected chi connectivity index (χ3v) is 7.10. The summed E-state index contributed by atoms with van der Waals surface area (Å²) >= 11 is 4.39. The Kier molecular flexibility index (Phi) is 9.26. The first-order valence-corrected chi connectivity index (χ1v) is 13.6. The smallest absolute Gasteiger partial charge is 0.293 e. The maximum atomic E-state index is 13.0. The second-order valence-electron chi connectivity index (χ2n) is 8.47. The highest BCUT2D eigenvalue weighted by molar-refractivity contribution is 9.10. The molecule has 3 aromatic carbocycles. The van der Waals surface area contributed by atoms with Gasteiger partial charge in [0, 0.05) is 12.1 Å². The van der Waals surface area contributed by atoms with Gasteiger partial charge in [-0.15, -0.1) is 0 Å². The van der Waals surface area contributed by atoms with Crippen LogP contribution in [0.2, 0.25) is 0 Å². The zero-order chi connectivity index (χ0) is 27.9. The molecule has 0 saturated carbocycles. The molecule has 11 heteroatoms. The van der Waals surface area contributed by atoms with Crippen molar-refractivity contribution in [3.05, 3.63) is 96.8 Å². The molecule has 1 aliphatic rings. The van der Waals surface area contributed by atoms with Gasteiger partial charge in [0.25, 0.3) is 16.8 Å². The van der Waals surface area contributed by atoms with Gasteiger partial charge >= 0.3 is 0 Å². The lowest BCUT2D eigenvalue weighted by molar-refractivity contribution is -0.384. The predicted octanol–water partition coefficient (Wildman–Crippen LogP) is 6.76. The first-order valence-electron chi connectivity index (χ1n) is 12.0. The van der Waals surface area contributed by atoms with Crippen molar-refractivity contribution in [3.63, 3.8) is 0 Å². The maximum Gasteiger partial charge on any atom is 0.293 e. The Bertz CT molecular complexity index is 1430. The fourth-order valence-electron chi connectivity index (χ4n) is 3.75. The molecule has 0 radical (unpaired) electrons. The molecule has 1 heterocycles. The summed E-state index contributed by atoms with van der Waals surface area (Å²) in [6, 6.07) is 17.1. The fraction of sp³-hybridized carbons (Fsp3) is 0.214. The zero-order valence-electron chi connectivity index (χ0n) is 21.2. The Morgan fingerprint density at radius 2 is 1.82 bits per heavy atom. The molecule has 0 bridgehead atoms. The predicted molar refractivity (Wildman–Crippen MR) is 152 cm³/mol. The van der Waals surface area contributed by atoms with Gasteiger partial charge in [-0.05, 0) is 101 Å². The van der Waals surface area contributed by atoms with Crippen molar-refractivity contribution in [2.24, 2.45) is 0 Å². The summed E-state index contributed by atoms with van der Waals surface area (Å²) < 4.78 is 18.0. The summed E-state index contributed by atoms with van der Waals surface area (Å²) in [4.78, 5) is 37.4. The fourth-order valence-corrected chi connectivity index (χ4v) is 5.19. The van der Waals surface area contributed by atoms with Crippen LogP contribution in [0.4, 0.5) is 10.5 Å². The number of hydrogen-bond acceptors (Lipinski definition) is 8. The van der Waals surface area contributed by atoms with E-state index in [0.717, 1.165) is 22.9 Å². The van der Waals surface area contributed by atoms with Gasteiger partial charge in [0.15, 0.2) is 11.5 Å². The van der Waals surface area contributed by atoms with Gasteiger partial charge in [-0.1, -0.05) is 12.1 Å². The van der Waals surface area contributed by atoms with E-state index in [9.17, 15) is 19.7 Å². The molecule has 0 unspecified atom stereocenters. The number of nitro benzene ring substituents is 1. The number of amides is 2. The number of ether oxygens (including phenoxy) is 3. The van der Waals surface area contributed by atoms with Crippen LogP contribution in [0.25, 0.3) is 6.08 Å². The van der Waals surface area contributed by atoms with Crippen LogP contribution in [0.5, 0.6) is 17.2 Å². The van der Waals surface area contributed by atoms with Gasteiger partial charge in [-0.3, -0.25) is 24.6 Å². The Morgan fingerprint density at radius 1 is 1.05 bits per heavy atom. The average molecular weight is 613 g/mol. The molecule has 39 heavy (non-hydrogen) atoms. The van der Waals surface area contributed by atoms with Crippen molar-refractivity contribution < 1.29 is 28.7 Å². The van der Waals surface area contributed by atoms with E-state index in [1.165, 1.54) is 17.0 Å². The standard InChI is InChI=1S/C28H25BrN2O7S/c1-3-36-24-15-20(14-23(29)26(24)38-17-19-7-9-21(10-8-19)31(34)35)16-25-27(32)30(28(33)39-25)11-12-37-22-6-4-5-18(2)13-22/h4-10,13-16H,3,11-12,17H2,1-2H3/b25-16-. The number of carbonyl (C=O) groups is 2. The van der Waals surface area contributed by atoms with Crippen molar-refractivity contribution in [2.75, 3.05) is 19.8 Å². The van der Waals surface area contributed by atoms with Crippen molar-refractivity contribution in [2.45, 2.75) is 20.5 Å². The summed E-state index contributed by atoms with van der Waals surface area (Å²) in [5.41, 5.74) is 2.46. The first kappa shape index (κ1) is 28.2. The number of imide groups is 1. The van der Waals surface area contributed by atoms with Gasteiger partial charge in [-0.2, -0.15) is 0 Å². The molecule has 202 valence electrons. The second kappa shape index (κ2) is 12.8. The average Bonchev–Trinajstić information content (AvgIpc) is 3.16. The third-order valence-electron chi connectivity index (χ3n) is 5.61. The van der Waals surface area contributed by atoms with Crippen LogP contribution in [-0.2, 0) is 11.4 Å². The van der Waals surface area contributed by atoms with E-state index in [-0.39, 0.29) is 36.6 Å². The van der Waals surface area contributed by atoms with Crippen LogP contribution in [0, 0.1) is 17.0 Å². The molecule has 9 nitrogen and oxygen atoms in total. The van der Waals surface area contributed by atoms with Gasteiger partial charge in [0.2, 0.25) is 0 Å². The lowest BCUT2D eigenvalue weighted by atomic mass is 10.1. The summed E-state index contributed by atoms with van der Waals surface area (Å²) in [6.45, 7) is 4.67. The number of nitro groups is 1. The summed E-state index contributed by atoms with van der Waals surface area (Å²) in [5, 5.41) is 10.5. The molecule has 4 rings (SSSR count). The summed E-state index contributed by atoms with van der Waals surface area (Å²) in [7, 11) is 0. The molecular weight excluding hydrogens is 588 g/mol. The normalized spacial score (nSPS) is 14.1. The Balaban J connectivity index is 1.45. The second-order valence-corrected chi connectivity index (χ2v) is 10.3. The SMILES string of the molecule is CCOc1cc(/C=C2\SC(=O)N(CCOc3cccc(C)c3)C2=O)cc(Br)c1OCc1ccc([N+](=O)[O-])cc1. The Morgan fingerprint density at radius 3 is 2.51 bits per heavy atom. The third kappa shape index (κ3) is 7.18. The molecule has 1 fully saturated rings. The number of thioether (sulfide) groups is 1. The summed E-state index contributed by atoms with van der Waals surface area (Å²) in [6.07, 6.45) is 1.64. The van der Waals surface area contributed by atoms with E-state index in [4.69, 9.17) is 14.2 Å². The lowest BCUT2D eigenvalue weighted by Crippen LogP contribution is -2.32. The molecule has 0 N–H and O–H groups in total. The number of benzene rings is 3. The number of hydrogen-bond donors (Lipinski definition) is 0. The molecule has 0 aliphatic carbocycles. The highest BCUT2D eigenvalue weighted by atomic mass is 79.9. The largest absolute Gasteiger partial charge is 0.492 e. The summed E-state index contributed by atoms with van der Waals surface area (Å²) in [5.74, 6) is 1.20. The van der Waals surface area contributed by atoms with Crippen molar-refractivity contribution in [1.29, 1.82) is 0 Å². The van der Waals surface area contributed by atoms with Crippen LogP contribution in [0.15, 0.2) is 70.0 Å². The number of carbonyl (C=O) groups excluding carboxylic acids is 2. The van der Waals surface area contributed by atoms with Gasteiger partial charge in [0.05, 0.1) is 27.5 Å². The van der Waals surface area contributed by atoms with E-state index in [1.54, 1.807) is 30.3 Å². The van der Waals surface area contributed by atoms with Gasteiger partial charge < -0.3 is 14.2 Å². The van der Waals surface area contributed by atoms with Crippen molar-refractivity contribution >= 4 is 50.6 Å². The Hall–Kier alpha value is -3.83. The highest BCUT2D eigenvalue weighted by Gasteiger charge is 2.35. The van der Waals surface area contributed by atoms with E-state index in [1.807, 2.05) is 38.1 Å². The van der Waals surface area contributed by atoms with Crippen molar-refractivity contribution in [3.8, 4) is 17.2 Å². The maximum absolute atomic E-state index is 13.0. The topological polar surface area (TPSA) is 108 Å². The van der Waals surface area contributed by atoms with E-state index in [2.05, 4.69) is 15.9 Å². The van der Waals surface area contributed by atoms with Crippen LogP contribution in [0.1, 0.15) is 23.6 Å². The quantitative estimate of drug-likeness (QED) is 0.133. The number of rotatable bonds is 11. The van der Waals surface area contributed by atoms with Crippen LogP contribution >= 0.6 is 27.7 Å². The lowest BCUT2D eigenvalue weighted by Gasteiger charge is -2.15. The Labute approximate surface area is 238 Å². The molecule has 3 aromatic rings. The van der Waals surface area contributed by atoms with E-state index >= 15 is 0 Å². The van der Waals surface area contributed by atoms with E-state index in [0.29, 0.717) is 38.8 Å². The molecule has 2 amide bonds. The molecule has 1 aliphatic heterocycles. The molecule has 1 saturated heterocycles. The van der Waals surface area contributed by atoms with Gasteiger partial charge in [-0.25, -0.2) is 0 Å². The molecule has 0 spiro atoms. The molecule has 0 aromatic heterocycles. The highest BCUT2D eigenvalue weighted by Crippen LogP contribution is 2.39. The van der Waals surface area contributed by atoms with E-state index < -0.39 is 4.92 Å². The minimum atomic E-state index is -0.457. The van der Waals surface area contributed by atoms with Crippen LogP contribution in [-0.4, -0.2) is 40.7 Å². The number of nitrogens with zero attached hydrogens (tertiary/aromatic N) is 2. The molecular formula is C28H25BrN2O7S. The van der Waals surface area contributed by atoms with Gasteiger partial charge in [0.1, 0.15) is 19.0 Å². The number of halogens is 1. The van der Waals surface area contributed by atoms with Crippen LogP contribution in [0.3, 0.4) is 0 Å². The first-order chi connectivity index (χ1) is 18.7. The number of non-ortho nitro benzene ring substituents is 1. The minimum Gasteiger partial charge on any atom is -0.492 e. The monoisotopic (exact) mass is 612 g/mol. The van der Waals surface area contributed by atoms with Crippen molar-refractivity contribution in [1.82, 2.24) is 4.90 Å². The zero-order valence-corrected chi connectivity index (χ0v) is 23.6. The van der Waals surface area contributed by atoms with Crippen LogP contribution < -0.4 is 14.2 Å².